The zero-order valence-corrected chi connectivity index (χ0v) is 13.4. The topological polar surface area (TPSA) is 42.2 Å². The van der Waals surface area contributed by atoms with Crippen molar-refractivity contribution < 1.29 is 13.9 Å². The van der Waals surface area contributed by atoms with Crippen LogP contribution in [0, 0.1) is 17.1 Å². The third kappa shape index (κ3) is 3.86. The Morgan fingerprint density at radius 3 is 2.77 bits per heavy atom. The van der Waals surface area contributed by atoms with Crippen LogP contribution >= 0.6 is 15.9 Å². The van der Waals surface area contributed by atoms with Crippen LogP contribution in [0.3, 0.4) is 0 Å². The zero-order chi connectivity index (χ0) is 15.9. The number of hydrogen-bond acceptors (Lipinski definition) is 3. The van der Waals surface area contributed by atoms with Crippen LogP contribution in [0.25, 0.3) is 6.08 Å². The van der Waals surface area contributed by atoms with E-state index in [1.54, 1.807) is 36.4 Å². The summed E-state index contributed by atoms with van der Waals surface area (Å²) in [4.78, 5) is 0. The number of halogens is 2. The highest BCUT2D eigenvalue weighted by atomic mass is 79.9. The summed E-state index contributed by atoms with van der Waals surface area (Å²) in [5, 5.41) is 8.57. The Morgan fingerprint density at radius 2 is 2.09 bits per heavy atom. The Morgan fingerprint density at radius 1 is 1.32 bits per heavy atom. The number of nitrogens with zero attached hydrogens (tertiary/aromatic N) is 1. The first-order valence-electron chi connectivity index (χ1n) is 6.45. The quantitative estimate of drug-likeness (QED) is 0.724. The first kappa shape index (κ1) is 16.1. The Kier molecular flexibility index (Phi) is 5.56. The van der Waals surface area contributed by atoms with Crippen molar-refractivity contribution in [3.05, 3.63) is 63.9 Å². The SMILES string of the molecule is COc1cc(C=CC#N)cc(Br)c1OCc1ccccc1F. The van der Waals surface area contributed by atoms with E-state index < -0.39 is 0 Å². The van der Waals surface area contributed by atoms with Crippen LogP contribution in [-0.4, -0.2) is 7.11 Å². The summed E-state index contributed by atoms with van der Waals surface area (Å²) in [5.74, 6) is 0.675. The number of benzene rings is 2. The summed E-state index contributed by atoms with van der Waals surface area (Å²) in [6.45, 7) is 0.0923. The summed E-state index contributed by atoms with van der Waals surface area (Å²) in [7, 11) is 1.52. The maximum Gasteiger partial charge on any atom is 0.175 e. The van der Waals surface area contributed by atoms with Gasteiger partial charge in [0.05, 0.1) is 17.7 Å². The molecular formula is C17H13BrFNO2. The van der Waals surface area contributed by atoms with Gasteiger partial charge in [-0.25, -0.2) is 4.39 Å². The van der Waals surface area contributed by atoms with Gasteiger partial charge in [-0.2, -0.15) is 5.26 Å². The molecule has 0 saturated heterocycles. The highest BCUT2D eigenvalue weighted by Gasteiger charge is 2.12. The lowest BCUT2D eigenvalue weighted by Crippen LogP contribution is -2.01. The van der Waals surface area contributed by atoms with E-state index in [0.29, 0.717) is 21.5 Å². The predicted octanol–water partition coefficient (Wildman–Crippen LogP) is 4.71. The molecular weight excluding hydrogens is 349 g/mol. The van der Waals surface area contributed by atoms with E-state index in [0.717, 1.165) is 5.56 Å². The first-order valence-corrected chi connectivity index (χ1v) is 7.25. The van der Waals surface area contributed by atoms with E-state index in [2.05, 4.69) is 15.9 Å². The van der Waals surface area contributed by atoms with E-state index >= 15 is 0 Å². The Balaban J connectivity index is 2.25. The number of nitriles is 1. The van der Waals surface area contributed by atoms with Crippen LogP contribution in [0.5, 0.6) is 11.5 Å². The molecule has 0 N–H and O–H groups in total. The van der Waals surface area contributed by atoms with Gasteiger partial charge < -0.3 is 9.47 Å². The smallest absolute Gasteiger partial charge is 0.175 e. The normalized spacial score (nSPS) is 10.5. The van der Waals surface area contributed by atoms with Crippen molar-refractivity contribution >= 4 is 22.0 Å². The second-order valence-corrected chi connectivity index (χ2v) is 5.23. The van der Waals surface area contributed by atoms with Gasteiger partial charge in [-0.1, -0.05) is 18.2 Å². The van der Waals surface area contributed by atoms with E-state index in [1.807, 2.05) is 6.07 Å². The van der Waals surface area contributed by atoms with Crippen LogP contribution in [0.1, 0.15) is 11.1 Å². The fourth-order valence-corrected chi connectivity index (χ4v) is 2.45. The van der Waals surface area contributed by atoms with Gasteiger partial charge in [0.1, 0.15) is 12.4 Å². The highest BCUT2D eigenvalue weighted by molar-refractivity contribution is 9.10. The van der Waals surface area contributed by atoms with Crippen LogP contribution < -0.4 is 9.47 Å². The fraction of sp³-hybridized carbons (Fsp3) is 0.118. The van der Waals surface area contributed by atoms with Crippen LogP contribution in [0.15, 0.2) is 46.9 Å². The molecule has 0 saturated carbocycles. The van der Waals surface area contributed by atoms with Crippen LogP contribution in [-0.2, 0) is 6.61 Å². The van der Waals surface area contributed by atoms with Crippen molar-refractivity contribution in [2.75, 3.05) is 7.11 Å². The maximum atomic E-state index is 13.6. The largest absolute Gasteiger partial charge is 0.493 e. The van der Waals surface area contributed by atoms with E-state index in [4.69, 9.17) is 14.7 Å². The molecule has 0 radical (unpaired) electrons. The summed E-state index contributed by atoms with van der Waals surface area (Å²) >= 11 is 3.41. The molecule has 0 aromatic heterocycles. The van der Waals surface area contributed by atoms with Crippen LogP contribution in [0.4, 0.5) is 4.39 Å². The van der Waals surface area contributed by atoms with Crippen molar-refractivity contribution in [3.63, 3.8) is 0 Å². The first-order chi connectivity index (χ1) is 10.7. The van der Waals surface area contributed by atoms with Gasteiger partial charge in [0.25, 0.3) is 0 Å². The second kappa shape index (κ2) is 7.62. The molecule has 0 aliphatic carbocycles. The predicted molar refractivity (Wildman–Crippen MR) is 86.1 cm³/mol. The molecule has 112 valence electrons. The van der Waals surface area contributed by atoms with Gasteiger partial charge >= 0.3 is 0 Å². The molecule has 2 aromatic rings. The van der Waals surface area contributed by atoms with Gasteiger partial charge in [-0.05, 0) is 45.8 Å². The molecule has 0 heterocycles. The van der Waals surface area contributed by atoms with Gasteiger partial charge in [0, 0.05) is 11.6 Å². The van der Waals surface area contributed by atoms with Gasteiger partial charge in [0.2, 0.25) is 0 Å². The molecule has 0 aliphatic heterocycles. The number of ether oxygens (including phenoxy) is 2. The number of methoxy groups -OCH3 is 1. The lowest BCUT2D eigenvalue weighted by Gasteiger charge is -2.14. The minimum absolute atomic E-state index is 0.0923. The van der Waals surface area contributed by atoms with Crippen molar-refractivity contribution in [1.82, 2.24) is 0 Å². The third-order valence-electron chi connectivity index (χ3n) is 2.93. The maximum absolute atomic E-state index is 13.6. The molecule has 0 fully saturated rings. The second-order valence-electron chi connectivity index (χ2n) is 4.38. The standard InChI is InChI=1S/C17H13BrFNO2/c1-21-16-10-12(5-4-8-20)9-14(18)17(16)22-11-13-6-2-3-7-15(13)19/h2-7,9-10H,11H2,1H3. The van der Waals surface area contributed by atoms with Gasteiger partial charge in [-0.15, -0.1) is 0 Å². The highest BCUT2D eigenvalue weighted by Crippen LogP contribution is 2.37. The molecule has 3 nitrogen and oxygen atoms in total. The van der Waals surface area contributed by atoms with Crippen LogP contribution in [0.2, 0.25) is 0 Å². The van der Waals surface area contributed by atoms with Gasteiger partial charge in [-0.3, -0.25) is 0 Å². The molecule has 0 spiro atoms. The number of allylic oxidation sites excluding steroid dienone is 1. The lowest BCUT2D eigenvalue weighted by atomic mass is 10.2. The Hall–Kier alpha value is -2.32. The summed E-state index contributed by atoms with van der Waals surface area (Å²) in [5.41, 5.74) is 1.26. The van der Waals surface area contributed by atoms with Crippen molar-refractivity contribution in [2.24, 2.45) is 0 Å². The minimum atomic E-state index is -0.314. The average molecular weight is 362 g/mol. The van der Waals surface area contributed by atoms with E-state index in [1.165, 1.54) is 19.3 Å². The molecule has 5 heteroatoms. The summed E-state index contributed by atoms with van der Waals surface area (Å²) in [6.07, 6.45) is 3.04. The van der Waals surface area contributed by atoms with Crippen molar-refractivity contribution in [2.45, 2.75) is 6.61 Å². The molecule has 22 heavy (non-hydrogen) atoms. The Labute approximate surface area is 136 Å². The number of rotatable bonds is 5. The van der Waals surface area contributed by atoms with E-state index in [9.17, 15) is 4.39 Å². The van der Waals surface area contributed by atoms with Crippen molar-refractivity contribution in [3.8, 4) is 17.6 Å². The molecule has 0 bridgehead atoms. The molecule has 0 aliphatic rings. The fourth-order valence-electron chi connectivity index (χ4n) is 1.87. The molecule has 0 atom stereocenters. The zero-order valence-electron chi connectivity index (χ0n) is 11.8. The molecule has 2 aromatic carbocycles. The third-order valence-corrected chi connectivity index (χ3v) is 3.52. The van der Waals surface area contributed by atoms with Crippen molar-refractivity contribution in [1.29, 1.82) is 5.26 Å². The number of hydrogen-bond donors (Lipinski definition) is 0. The monoisotopic (exact) mass is 361 g/mol. The average Bonchev–Trinajstić information content (AvgIpc) is 2.52. The minimum Gasteiger partial charge on any atom is -0.493 e. The molecule has 0 amide bonds. The molecule has 0 unspecified atom stereocenters. The molecule has 2 rings (SSSR count). The van der Waals surface area contributed by atoms with Gasteiger partial charge in [0.15, 0.2) is 11.5 Å². The lowest BCUT2D eigenvalue weighted by molar-refractivity contribution is 0.278. The summed E-state index contributed by atoms with van der Waals surface area (Å²) in [6, 6.07) is 11.9. The summed E-state index contributed by atoms with van der Waals surface area (Å²) < 4.78 is 25.3. The Bertz CT molecular complexity index is 738. The van der Waals surface area contributed by atoms with E-state index in [-0.39, 0.29) is 12.4 Å².